The number of hydrogen-bond donors (Lipinski definition) is 1. The van der Waals surface area contributed by atoms with Gasteiger partial charge in [-0.3, -0.25) is 14.9 Å². The van der Waals surface area contributed by atoms with E-state index in [-0.39, 0.29) is 17.3 Å². The van der Waals surface area contributed by atoms with E-state index in [1.165, 1.54) is 4.90 Å². The molecule has 1 aromatic carbocycles. The zero-order chi connectivity index (χ0) is 15.4. The number of piperidine rings is 1. The number of rotatable bonds is 4. The highest BCUT2D eigenvalue weighted by Crippen LogP contribution is 2.18. The highest BCUT2D eigenvalue weighted by atomic mass is 19.1. The van der Waals surface area contributed by atoms with E-state index in [1.807, 2.05) is 0 Å². The number of nitrogens with zero attached hydrogens (tertiary/aromatic N) is 2. The lowest BCUT2D eigenvalue weighted by Gasteiger charge is -2.28. The molecular formula is C14H18FN3O3. The number of halogens is 1. The van der Waals surface area contributed by atoms with Gasteiger partial charge in [-0.1, -0.05) is 6.42 Å². The fourth-order valence-electron chi connectivity index (χ4n) is 2.49. The molecule has 1 amide bonds. The van der Waals surface area contributed by atoms with Gasteiger partial charge in [-0.05, 0) is 25.5 Å². The van der Waals surface area contributed by atoms with Crippen molar-refractivity contribution in [3.05, 3.63) is 39.7 Å². The fourth-order valence-corrected chi connectivity index (χ4v) is 2.49. The van der Waals surface area contributed by atoms with Gasteiger partial charge in [0.1, 0.15) is 5.82 Å². The van der Waals surface area contributed by atoms with E-state index >= 15 is 0 Å². The summed E-state index contributed by atoms with van der Waals surface area (Å²) in [5.74, 6) is -1.28. The van der Waals surface area contributed by atoms with E-state index in [4.69, 9.17) is 0 Å². The average molecular weight is 295 g/mol. The first-order valence-electron chi connectivity index (χ1n) is 6.92. The Hall–Kier alpha value is -2.02. The highest BCUT2D eigenvalue weighted by Gasteiger charge is 2.22. The first kappa shape index (κ1) is 15.4. The minimum absolute atomic E-state index is 0.189. The van der Waals surface area contributed by atoms with Crippen LogP contribution in [0.4, 0.5) is 10.1 Å². The van der Waals surface area contributed by atoms with Crippen LogP contribution < -0.4 is 5.32 Å². The molecule has 1 N–H and O–H groups in total. The summed E-state index contributed by atoms with van der Waals surface area (Å²) in [4.78, 5) is 23.7. The predicted octanol–water partition coefficient (Wildman–Crippen LogP) is 1.95. The van der Waals surface area contributed by atoms with Crippen LogP contribution in [0.25, 0.3) is 0 Å². The summed E-state index contributed by atoms with van der Waals surface area (Å²) in [5, 5.41) is 14.0. The third-order valence-electron chi connectivity index (χ3n) is 3.64. The van der Waals surface area contributed by atoms with E-state index in [1.54, 1.807) is 7.05 Å². The van der Waals surface area contributed by atoms with E-state index < -0.39 is 16.6 Å². The average Bonchev–Trinajstić information content (AvgIpc) is 2.47. The molecule has 1 atom stereocenters. The molecule has 0 aliphatic carbocycles. The van der Waals surface area contributed by atoms with Crippen molar-refractivity contribution in [2.75, 3.05) is 20.1 Å². The molecule has 1 aliphatic rings. The molecule has 1 heterocycles. The molecule has 6 nitrogen and oxygen atoms in total. The summed E-state index contributed by atoms with van der Waals surface area (Å²) >= 11 is 0. The van der Waals surface area contributed by atoms with Crippen LogP contribution in [0.3, 0.4) is 0 Å². The van der Waals surface area contributed by atoms with Gasteiger partial charge < -0.3 is 10.2 Å². The van der Waals surface area contributed by atoms with Crippen LogP contribution >= 0.6 is 0 Å². The Morgan fingerprint density at radius 2 is 2.29 bits per heavy atom. The monoisotopic (exact) mass is 295 g/mol. The van der Waals surface area contributed by atoms with Gasteiger partial charge in [0.25, 0.3) is 11.6 Å². The van der Waals surface area contributed by atoms with E-state index in [0.717, 1.165) is 44.0 Å². The summed E-state index contributed by atoms with van der Waals surface area (Å²) in [6.45, 7) is 1.37. The summed E-state index contributed by atoms with van der Waals surface area (Å²) in [7, 11) is 1.58. The van der Waals surface area contributed by atoms with E-state index in [2.05, 4.69) is 5.32 Å². The van der Waals surface area contributed by atoms with Crippen molar-refractivity contribution in [2.45, 2.75) is 25.3 Å². The third-order valence-corrected chi connectivity index (χ3v) is 3.64. The number of benzene rings is 1. The largest absolute Gasteiger partial charge is 0.340 e. The van der Waals surface area contributed by atoms with Crippen LogP contribution in [0.15, 0.2) is 18.2 Å². The Morgan fingerprint density at radius 1 is 1.52 bits per heavy atom. The van der Waals surface area contributed by atoms with Crippen LogP contribution in [0.2, 0.25) is 0 Å². The summed E-state index contributed by atoms with van der Waals surface area (Å²) in [5.41, 5.74) is -0.550. The van der Waals surface area contributed by atoms with Gasteiger partial charge in [0.15, 0.2) is 0 Å². The molecular weight excluding hydrogens is 277 g/mol. The second kappa shape index (κ2) is 6.62. The normalized spacial score (nSPS) is 18.3. The van der Waals surface area contributed by atoms with Crippen LogP contribution in [0.1, 0.15) is 29.6 Å². The molecule has 21 heavy (non-hydrogen) atoms. The van der Waals surface area contributed by atoms with Gasteiger partial charge in [-0.2, -0.15) is 0 Å². The predicted molar refractivity (Wildman–Crippen MR) is 75.7 cm³/mol. The molecule has 0 saturated carbocycles. The van der Waals surface area contributed by atoms with E-state index in [0.29, 0.717) is 6.54 Å². The summed E-state index contributed by atoms with van der Waals surface area (Å²) in [6.07, 6.45) is 3.19. The van der Waals surface area contributed by atoms with Crippen molar-refractivity contribution in [1.82, 2.24) is 10.2 Å². The van der Waals surface area contributed by atoms with Gasteiger partial charge >= 0.3 is 0 Å². The lowest BCUT2D eigenvalue weighted by Crippen LogP contribution is -2.44. The Balaban J connectivity index is 2.10. The van der Waals surface area contributed by atoms with Gasteiger partial charge in [-0.15, -0.1) is 0 Å². The first-order valence-corrected chi connectivity index (χ1v) is 6.92. The van der Waals surface area contributed by atoms with Crippen LogP contribution in [0, 0.1) is 15.9 Å². The molecule has 1 aromatic rings. The number of carbonyl (C=O) groups is 1. The van der Waals surface area contributed by atoms with Crippen molar-refractivity contribution in [3.8, 4) is 0 Å². The van der Waals surface area contributed by atoms with Crippen LogP contribution in [-0.2, 0) is 0 Å². The number of non-ortho nitro benzene ring substituents is 1. The maximum Gasteiger partial charge on any atom is 0.270 e. The second-order valence-electron chi connectivity index (χ2n) is 5.25. The Bertz CT molecular complexity index is 544. The number of nitro benzene ring substituents is 1. The van der Waals surface area contributed by atoms with E-state index in [9.17, 15) is 19.3 Å². The van der Waals surface area contributed by atoms with Crippen LogP contribution in [-0.4, -0.2) is 41.9 Å². The van der Waals surface area contributed by atoms with Gasteiger partial charge in [0.05, 0.1) is 10.5 Å². The number of nitrogens with one attached hydrogen (secondary N) is 1. The standard InChI is InChI=1S/C14H18FN3O3/c1-17(9-10-4-2-3-7-16-10)14(19)12-8-11(18(20)21)5-6-13(12)15/h5-6,8,10,16H,2-4,7,9H2,1H3. The van der Waals surface area contributed by atoms with Crippen molar-refractivity contribution in [2.24, 2.45) is 0 Å². The van der Waals surface area contributed by atoms with Gasteiger partial charge in [0.2, 0.25) is 0 Å². The minimum Gasteiger partial charge on any atom is -0.340 e. The Morgan fingerprint density at radius 3 is 2.90 bits per heavy atom. The number of amides is 1. The maximum absolute atomic E-state index is 13.7. The number of hydrogen-bond acceptors (Lipinski definition) is 4. The second-order valence-corrected chi connectivity index (χ2v) is 5.25. The first-order chi connectivity index (χ1) is 9.99. The molecule has 1 fully saturated rings. The molecule has 0 radical (unpaired) electrons. The van der Waals surface area contributed by atoms with Crippen molar-refractivity contribution >= 4 is 11.6 Å². The molecule has 114 valence electrons. The summed E-state index contributed by atoms with van der Waals surface area (Å²) < 4.78 is 13.7. The molecule has 0 bridgehead atoms. The molecule has 7 heteroatoms. The molecule has 0 spiro atoms. The number of carbonyl (C=O) groups excluding carboxylic acids is 1. The molecule has 2 rings (SSSR count). The maximum atomic E-state index is 13.7. The SMILES string of the molecule is CN(CC1CCCCN1)C(=O)c1cc([N+](=O)[O-])ccc1F. The molecule has 1 saturated heterocycles. The minimum atomic E-state index is -0.742. The van der Waals surface area contributed by atoms with Gasteiger partial charge in [0, 0.05) is 31.8 Å². The highest BCUT2D eigenvalue weighted by molar-refractivity contribution is 5.95. The lowest BCUT2D eigenvalue weighted by molar-refractivity contribution is -0.384. The quantitative estimate of drug-likeness (QED) is 0.680. The van der Waals surface area contributed by atoms with Gasteiger partial charge in [-0.25, -0.2) is 4.39 Å². The molecule has 1 unspecified atom stereocenters. The van der Waals surface area contributed by atoms with Crippen LogP contribution in [0.5, 0.6) is 0 Å². The van der Waals surface area contributed by atoms with Crippen molar-refractivity contribution in [3.63, 3.8) is 0 Å². The molecule has 1 aliphatic heterocycles. The molecule has 0 aromatic heterocycles. The fraction of sp³-hybridized carbons (Fsp3) is 0.500. The zero-order valence-corrected chi connectivity index (χ0v) is 11.8. The smallest absolute Gasteiger partial charge is 0.270 e. The lowest BCUT2D eigenvalue weighted by atomic mass is 10.0. The topological polar surface area (TPSA) is 75.5 Å². The number of nitro groups is 1. The summed E-state index contributed by atoms with van der Waals surface area (Å²) in [6, 6.07) is 3.18. The zero-order valence-electron chi connectivity index (χ0n) is 11.8. The van der Waals surface area contributed by atoms with Crippen molar-refractivity contribution in [1.29, 1.82) is 0 Å². The Labute approximate surface area is 122 Å². The third kappa shape index (κ3) is 3.75. The van der Waals surface area contributed by atoms with Crippen molar-refractivity contribution < 1.29 is 14.1 Å². The number of likely N-dealkylation sites (N-methyl/N-ethyl adjacent to an activating group) is 1. The Kier molecular flexibility index (Phi) is 4.85.